The van der Waals surface area contributed by atoms with Gasteiger partial charge in [0, 0.05) is 0 Å². The number of nitrogens with zero attached hydrogens (tertiary/aromatic N) is 1. The molecule has 17 heavy (non-hydrogen) atoms. The standard InChI is InChI=1S/C11H12N2O3S/c1-3-16-11(15)8-5-7(6-12)10(17-4-2)13-9(8)14/h5H,3-4H2,1-2H3,(H,13,14). The third-order valence-electron chi connectivity index (χ3n) is 1.91. The molecule has 0 atom stereocenters. The molecule has 0 aromatic carbocycles. The Morgan fingerprint density at radius 1 is 1.59 bits per heavy atom. The first kappa shape index (κ1) is 13.3. The van der Waals surface area contributed by atoms with E-state index in [2.05, 4.69) is 4.98 Å². The number of thioether (sulfide) groups is 1. The van der Waals surface area contributed by atoms with E-state index in [0.29, 0.717) is 5.03 Å². The number of aromatic nitrogens is 1. The number of nitriles is 1. The van der Waals surface area contributed by atoms with E-state index < -0.39 is 11.5 Å². The second kappa shape index (κ2) is 6.11. The summed E-state index contributed by atoms with van der Waals surface area (Å²) < 4.78 is 4.73. The van der Waals surface area contributed by atoms with Crippen LogP contribution in [0.4, 0.5) is 0 Å². The van der Waals surface area contributed by atoms with Crippen LogP contribution in [-0.4, -0.2) is 23.3 Å². The number of aromatic amines is 1. The normalized spacial score (nSPS) is 9.71. The maximum atomic E-state index is 11.6. The summed E-state index contributed by atoms with van der Waals surface area (Å²) in [6.45, 7) is 3.74. The number of ether oxygens (including phenoxy) is 1. The van der Waals surface area contributed by atoms with Crippen LogP contribution in [0.15, 0.2) is 15.9 Å². The minimum absolute atomic E-state index is 0.135. The van der Waals surface area contributed by atoms with Crippen LogP contribution in [0, 0.1) is 11.3 Å². The topological polar surface area (TPSA) is 82.9 Å². The van der Waals surface area contributed by atoms with Gasteiger partial charge >= 0.3 is 5.97 Å². The van der Waals surface area contributed by atoms with Crippen molar-refractivity contribution in [1.82, 2.24) is 4.98 Å². The molecule has 1 rings (SSSR count). The monoisotopic (exact) mass is 252 g/mol. The van der Waals surface area contributed by atoms with Crippen molar-refractivity contribution in [2.75, 3.05) is 12.4 Å². The maximum Gasteiger partial charge on any atom is 0.343 e. The molecule has 5 nitrogen and oxygen atoms in total. The van der Waals surface area contributed by atoms with Crippen LogP contribution >= 0.6 is 11.8 Å². The van der Waals surface area contributed by atoms with Crippen molar-refractivity contribution in [2.45, 2.75) is 18.9 Å². The van der Waals surface area contributed by atoms with Gasteiger partial charge in [0.2, 0.25) is 0 Å². The SMILES string of the molecule is CCOC(=O)c1cc(C#N)c(SCC)[nH]c1=O. The van der Waals surface area contributed by atoms with Crippen LogP contribution in [0.25, 0.3) is 0 Å². The van der Waals surface area contributed by atoms with Crippen molar-refractivity contribution in [1.29, 1.82) is 5.26 Å². The Balaban J connectivity index is 3.23. The van der Waals surface area contributed by atoms with Gasteiger partial charge in [0.05, 0.1) is 17.2 Å². The highest BCUT2D eigenvalue weighted by Gasteiger charge is 2.15. The molecule has 1 heterocycles. The van der Waals surface area contributed by atoms with Crippen molar-refractivity contribution < 1.29 is 9.53 Å². The number of nitrogens with one attached hydrogen (secondary N) is 1. The number of H-pyrrole nitrogens is 1. The molecule has 6 heteroatoms. The van der Waals surface area contributed by atoms with Crippen LogP contribution in [0.3, 0.4) is 0 Å². The van der Waals surface area contributed by atoms with E-state index in [1.807, 2.05) is 13.0 Å². The zero-order valence-electron chi connectivity index (χ0n) is 9.57. The first-order valence-electron chi connectivity index (χ1n) is 5.11. The summed E-state index contributed by atoms with van der Waals surface area (Å²) in [6, 6.07) is 3.22. The molecule has 1 N–H and O–H groups in total. The average Bonchev–Trinajstić information content (AvgIpc) is 2.30. The van der Waals surface area contributed by atoms with Crippen LogP contribution in [0.1, 0.15) is 29.8 Å². The molecule has 1 aromatic rings. The summed E-state index contributed by atoms with van der Waals surface area (Å²) in [6.07, 6.45) is 0. The van der Waals surface area contributed by atoms with Gasteiger partial charge in [-0.05, 0) is 18.7 Å². The summed E-state index contributed by atoms with van der Waals surface area (Å²) in [4.78, 5) is 25.6. The van der Waals surface area contributed by atoms with Crippen LogP contribution in [-0.2, 0) is 4.74 Å². The van der Waals surface area contributed by atoms with Crippen molar-refractivity contribution in [3.05, 3.63) is 27.5 Å². The fourth-order valence-electron chi connectivity index (χ4n) is 1.21. The number of hydrogen-bond donors (Lipinski definition) is 1. The van der Waals surface area contributed by atoms with Gasteiger partial charge < -0.3 is 9.72 Å². The van der Waals surface area contributed by atoms with Crippen molar-refractivity contribution in [2.24, 2.45) is 0 Å². The molecule has 0 spiro atoms. The van der Waals surface area contributed by atoms with E-state index in [9.17, 15) is 9.59 Å². The first-order chi connectivity index (χ1) is 8.13. The van der Waals surface area contributed by atoms with E-state index in [1.54, 1.807) is 6.92 Å². The van der Waals surface area contributed by atoms with E-state index >= 15 is 0 Å². The summed E-state index contributed by atoms with van der Waals surface area (Å²) in [5.74, 6) is 0.0157. The Morgan fingerprint density at radius 2 is 2.29 bits per heavy atom. The highest BCUT2D eigenvalue weighted by molar-refractivity contribution is 7.99. The predicted octanol–water partition coefficient (Wildman–Crippen LogP) is 1.54. The summed E-state index contributed by atoms with van der Waals surface area (Å²) in [5.41, 5.74) is -0.387. The van der Waals surface area contributed by atoms with Gasteiger partial charge in [-0.25, -0.2) is 4.79 Å². The lowest BCUT2D eigenvalue weighted by molar-refractivity contribution is 0.0524. The molecule has 0 aliphatic carbocycles. The second-order valence-electron chi connectivity index (χ2n) is 3.02. The molecular weight excluding hydrogens is 240 g/mol. The van der Waals surface area contributed by atoms with Crippen molar-refractivity contribution in [3.8, 4) is 6.07 Å². The number of carbonyl (C=O) groups is 1. The van der Waals surface area contributed by atoms with E-state index in [-0.39, 0.29) is 17.7 Å². The second-order valence-corrected chi connectivity index (χ2v) is 4.29. The molecule has 0 radical (unpaired) electrons. The van der Waals surface area contributed by atoms with E-state index in [0.717, 1.165) is 5.75 Å². The van der Waals surface area contributed by atoms with Gasteiger partial charge in [0.15, 0.2) is 0 Å². The van der Waals surface area contributed by atoms with Crippen molar-refractivity contribution >= 4 is 17.7 Å². The van der Waals surface area contributed by atoms with Crippen molar-refractivity contribution in [3.63, 3.8) is 0 Å². The van der Waals surface area contributed by atoms with Gasteiger partial charge in [0.25, 0.3) is 5.56 Å². The fourth-order valence-corrected chi connectivity index (χ4v) is 1.93. The summed E-state index contributed by atoms with van der Waals surface area (Å²) in [5, 5.41) is 9.41. The Hall–Kier alpha value is -1.74. The first-order valence-corrected chi connectivity index (χ1v) is 6.09. The molecule has 0 unspecified atom stereocenters. The predicted molar refractivity (Wildman–Crippen MR) is 64.1 cm³/mol. The molecule has 90 valence electrons. The van der Waals surface area contributed by atoms with Crippen LogP contribution in [0.5, 0.6) is 0 Å². The molecule has 0 amide bonds. The number of hydrogen-bond acceptors (Lipinski definition) is 5. The lowest BCUT2D eigenvalue weighted by atomic mass is 10.2. The lowest BCUT2D eigenvalue weighted by Gasteiger charge is -2.04. The van der Waals surface area contributed by atoms with Crippen LogP contribution in [0.2, 0.25) is 0 Å². The number of esters is 1. The largest absolute Gasteiger partial charge is 0.462 e. The van der Waals surface area contributed by atoms with Gasteiger partial charge in [-0.3, -0.25) is 4.79 Å². The Morgan fingerprint density at radius 3 is 2.82 bits per heavy atom. The molecule has 0 saturated heterocycles. The molecular formula is C11H12N2O3S. The van der Waals surface area contributed by atoms with Gasteiger partial charge in [-0.2, -0.15) is 5.26 Å². The third kappa shape index (κ3) is 3.11. The molecule has 0 saturated carbocycles. The Kier molecular flexibility index (Phi) is 4.79. The van der Waals surface area contributed by atoms with Gasteiger partial charge in [-0.15, -0.1) is 11.8 Å². The van der Waals surface area contributed by atoms with Crippen LogP contribution < -0.4 is 5.56 Å². The molecule has 0 aliphatic heterocycles. The summed E-state index contributed by atoms with van der Waals surface area (Å²) in [7, 11) is 0. The molecule has 0 fully saturated rings. The number of pyridine rings is 1. The highest BCUT2D eigenvalue weighted by atomic mass is 32.2. The van der Waals surface area contributed by atoms with Gasteiger partial charge in [-0.1, -0.05) is 6.92 Å². The van der Waals surface area contributed by atoms with E-state index in [4.69, 9.17) is 10.00 Å². The average molecular weight is 252 g/mol. The minimum atomic E-state index is -0.710. The maximum absolute atomic E-state index is 11.6. The molecule has 1 aromatic heterocycles. The zero-order chi connectivity index (χ0) is 12.8. The quantitative estimate of drug-likeness (QED) is 0.649. The Labute approximate surface area is 103 Å². The third-order valence-corrected chi connectivity index (χ3v) is 2.81. The smallest absolute Gasteiger partial charge is 0.343 e. The van der Waals surface area contributed by atoms with E-state index in [1.165, 1.54) is 17.8 Å². The highest BCUT2D eigenvalue weighted by Crippen LogP contribution is 2.18. The minimum Gasteiger partial charge on any atom is -0.462 e. The lowest BCUT2D eigenvalue weighted by Crippen LogP contribution is -2.20. The zero-order valence-corrected chi connectivity index (χ0v) is 10.4. The van der Waals surface area contributed by atoms with Gasteiger partial charge in [0.1, 0.15) is 11.6 Å². The fraction of sp³-hybridized carbons (Fsp3) is 0.364. The molecule has 0 aliphatic rings. The number of rotatable bonds is 4. The number of carbonyl (C=O) groups excluding carboxylic acids is 1. The summed E-state index contributed by atoms with van der Waals surface area (Å²) >= 11 is 1.34. The Bertz CT molecular complexity index is 516. The molecule has 0 bridgehead atoms.